The van der Waals surface area contributed by atoms with Crippen LogP contribution in [0.25, 0.3) is 6.08 Å². The van der Waals surface area contributed by atoms with Crippen LogP contribution in [0, 0.1) is 0 Å². The highest BCUT2D eigenvalue weighted by atomic mass is 79.9. The third-order valence-electron chi connectivity index (χ3n) is 1.32. The van der Waals surface area contributed by atoms with Crippen LogP contribution in [-0.4, -0.2) is 5.11 Å². The molecule has 13 heavy (non-hydrogen) atoms. The van der Waals surface area contributed by atoms with Crippen LogP contribution in [0.15, 0.2) is 15.5 Å². The number of hydrogen-bond donors (Lipinski definition) is 1. The molecule has 0 saturated carbocycles. The molecule has 0 heterocycles. The van der Waals surface area contributed by atoms with Crippen LogP contribution < -0.4 is 0 Å². The summed E-state index contributed by atoms with van der Waals surface area (Å²) < 4.78 is 0.702. The van der Waals surface area contributed by atoms with Crippen molar-refractivity contribution in [3.63, 3.8) is 0 Å². The van der Waals surface area contributed by atoms with Crippen LogP contribution in [0.3, 0.4) is 0 Å². The van der Waals surface area contributed by atoms with E-state index in [2.05, 4.69) is 31.9 Å². The van der Waals surface area contributed by atoms with Crippen molar-refractivity contribution in [1.29, 1.82) is 0 Å². The van der Waals surface area contributed by atoms with Crippen molar-refractivity contribution in [2.24, 2.45) is 0 Å². The first kappa shape index (κ1) is 11.4. The van der Waals surface area contributed by atoms with Gasteiger partial charge in [0, 0.05) is 10.6 Å². The van der Waals surface area contributed by atoms with E-state index in [0.717, 1.165) is 0 Å². The molecular formula is C8H4Br2Cl2O. The molecule has 1 aromatic rings. The van der Waals surface area contributed by atoms with Gasteiger partial charge in [-0.1, -0.05) is 23.2 Å². The molecule has 0 atom stereocenters. The molecule has 0 aliphatic rings. The molecule has 0 unspecified atom stereocenters. The fourth-order valence-corrected chi connectivity index (χ4v) is 1.82. The van der Waals surface area contributed by atoms with Gasteiger partial charge >= 0.3 is 0 Å². The predicted octanol–water partition coefficient (Wildman–Crippen LogP) is 4.79. The van der Waals surface area contributed by atoms with Crippen LogP contribution in [0.1, 0.15) is 5.56 Å². The van der Waals surface area contributed by atoms with Gasteiger partial charge in [0.05, 0.1) is 8.41 Å². The normalized spacial score (nSPS) is 9.85. The van der Waals surface area contributed by atoms with E-state index < -0.39 is 0 Å². The predicted molar refractivity (Wildman–Crippen MR) is 64.0 cm³/mol. The van der Waals surface area contributed by atoms with E-state index in [1.165, 1.54) is 6.07 Å². The molecular weight excluding hydrogens is 343 g/mol. The fraction of sp³-hybridized carbons (Fsp3) is 0. The Hall–Kier alpha value is 0.300. The minimum atomic E-state index is 0.0162. The van der Waals surface area contributed by atoms with Crippen molar-refractivity contribution >= 4 is 61.1 Å². The Labute approximate surface area is 103 Å². The number of hydrogen-bond acceptors (Lipinski definition) is 1. The first-order valence-corrected chi connectivity index (χ1v) is 5.55. The van der Waals surface area contributed by atoms with E-state index in [9.17, 15) is 5.11 Å². The summed E-state index contributed by atoms with van der Waals surface area (Å²) in [5.74, 6) is 0.0162. The Balaban J connectivity index is 3.28. The Morgan fingerprint density at radius 1 is 1.31 bits per heavy atom. The monoisotopic (exact) mass is 344 g/mol. The van der Waals surface area contributed by atoms with Crippen molar-refractivity contribution in [1.82, 2.24) is 0 Å². The zero-order chi connectivity index (χ0) is 10.0. The Morgan fingerprint density at radius 3 is 2.46 bits per heavy atom. The van der Waals surface area contributed by atoms with Crippen molar-refractivity contribution in [3.05, 3.63) is 31.1 Å². The minimum absolute atomic E-state index is 0.0162. The van der Waals surface area contributed by atoms with Crippen molar-refractivity contribution in [2.45, 2.75) is 0 Å². The SMILES string of the molecule is Oc1c(Cl)cc(Cl)cc1C=C(Br)Br. The number of aromatic hydroxyl groups is 1. The second-order valence-corrected chi connectivity index (χ2v) is 5.88. The first-order chi connectivity index (χ1) is 6.00. The van der Waals surface area contributed by atoms with Gasteiger partial charge in [-0.05, 0) is 50.1 Å². The van der Waals surface area contributed by atoms with Gasteiger partial charge in [0.25, 0.3) is 0 Å². The van der Waals surface area contributed by atoms with E-state index in [-0.39, 0.29) is 10.8 Å². The van der Waals surface area contributed by atoms with Gasteiger partial charge in [0.15, 0.2) is 0 Å². The number of phenols is 1. The molecule has 0 bridgehead atoms. The lowest BCUT2D eigenvalue weighted by Crippen LogP contribution is -1.77. The number of rotatable bonds is 1. The molecule has 1 N–H and O–H groups in total. The molecule has 5 heteroatoms. The highest BCUT2D eigenvalue weighted by Crippen LogP contribution is 2.33. The molecule has 0 spiro atoms. The quantitative estimate of drug-likeness (QED) is 0.775. The summed E-state index contributed by atoms with van der Waals surface area (Å²) in [4.78, 5) is 0. The maximum absolute atomic E-state index is 9.49. The lowest BCUT2D eigenvalue weighted by atomic mass is 10.2. The maximum atomic E-state index is 9.49. The van der Waals surface area contributed by atoms with Gasteiger partial charge in [-0.25, -0.2) is 0 Å². The smallest absolute Gasteiger partial charge is 0.141 e. The summed E-state index contributed by atoms with van der Waals surface area (Å²) in [6.45, 7) is 0. The molecule has 1 rings (SSSR count). The van der Waals surface area contributed by atoms with Crippen LogP contribution in [0.5, 0.6) is 5.75 Å². The topological polar surface area (TPSA) is 20.2 Å². The molecule has 0 aliphatic carbocycles. The van der Waals surface area contributed by atoms with Gasteiger partial charge in [0.2, 0.25) is 0 Å². The zero-order valence-electron chi connectivity index (χ0n) is 6.19. The van der Waals surface area contributed by atoms with Crippen molar-refractivity contribution in [3.8, 4) is 5.75 Å². The third-order valence-corrected chi connectivity index (χ3v) is 2.29. The van der Waals surface area contributed by atoms with E-state index in [0.29, 0.717) is 14.0 Å². The summed E-state index contributed by atoms with van der Waals surface area (Å²) in [6, 6.07) is 3.10. The molecule has 1 nitrogen and oxygen atoms in total. The third kappa shape index (κ3) is 3.17. The lowest BCUT2D eigenvalue weighted by molar-refractivity contribution is 0.474. The molecule has 0 aliphatic heterocycles. The molecule has 0 radical (unpaired) electrons. The van der Waals surface area contributed by atoms with E-state index in [1.807, 2.05) is 0 Å². The summed E-state index contributed by atoms with van der Waals surface area (Å²) in [5, 5.41) is 10.2. The molecule has 0 fully saturated rings. The highest BCUT2D eigenvalue weighted by molar-refractivity contribution is 9.28. The standard InChI is InChI=1S/C8H4Br2Cl2O/c9-7(10)2-4-1-5(11)3-6(12)8(4)13/h1-3,13H. The second-order valence-electron chi connectivity index (χ2n) is 2.26. The number of halogens is 4. The second kappa shape index (κ2) is 4.69. The van der Waals surface area contributed by atoms with Crippen LogP contribution >= 0.6 is 55.1 Å². The minimum Gasteiger partial charge on any atom is -0.506 e. The number of benzene rings is 1. The van der Waals surface area contributed by atoms with Crippen molar-refractivity contribution < 1.29 is 5.11 Å². The van der Waals surface area contributed by atoms with E-state index in [1.54, 1.807) is 12.1 Å². The summed E-state index contributed by atoms with van der Waals surface area (Å²) in [5.41, 5.74) is 0.557. The largest absolute Gasteiger partial charge is 0.506 e. The molecule has 0 amide bonds. The van der Waals surface area contributed by atoms with Crippen LogP contribution in [0.2, 0.25) is 10.0 Å². The van der Waals surface area contributed by atoms with Gasteiger partial charge in [-0.3, -0.25) is 0 Å². The number of phenolic OH excluding ortho intramolecular Hbond substituents is 1. The molecule has 0 aromatic heterocycles. The summed E-state index contributed by atoms with van der Waals surface area (Å²) in [6.07, 6.45) is 1.66. The summed E-state index contributed by atoms with van der Waals surface area (Å²) >= 11 is 17.8. The van der Waals surface area contributed by atoms with Crippen molar-refractivity contribution in [2.75, 3.05) is 0 Å². The molecule has 1 aromatic carbocycles. The van der Waals surface area contributed by atoms with E-state index >= 15 is 0 Å². The van der Waals surface area contributed by atoms with Gasteiger partial charge in [-0.2, -0.15) is 0 Å². The van der Waals surface area contributed by atoms with Gasteiger partial charge in [0.1, 0.15) is 5.75 Å². The fourth-order valence-electron chi connectivity index (χ4n) is 0.813. The average Bonchev–Trinajstić information content (AvgIpc) is 1.98. The Bertz CT molecular complexity index is 359. The Kier molecular flexibility index (Phi) is 4.10. The van der Waals surface area contributed by atoms with E-state index in [4.69, 9.17) is 23.2 Å². The van der Waals surface area contributed by atoms with Crippen LogP contribution in [-0.2, 0) is 0 Å². The van der Waals surface area contributed by atoms with Gasteiger partial charge < -0.3 is 5.11 Å². The Morgan fingerprint density at radius 2 is 1.92 bits per heavy atom. The van der Waals surface area contributed by atoms with Crippen LogP contribution in [0.4, 0.5) is 0 Å². The maximum Gasteiger partial charge on any atom is 0.141 e. The lowest BCUT2D eigenvalue weighted by Gasteiger charge is -2.02. The molecule has 70 valence electrons. The highest BCUT2D eigenvalue weighted by Gasteiger charge is 2.05. The average molecular weight is 347 g/mol. The van der Waals surface area contributed by atoms with Gasteiger partial charge in [-0.15, -0.1) is 0 Å². The summed E-state index contributed by atoms with van der Waals surface area (Å²) in [7, 11) is 0. The molecule has 0 saturated heterocycles. The zero-order valence-corrected chi connectivity index (χ0v) is 10.9. The first-order valence-electron chi connectivity index (χ1n) is 3.21.